The van der Waals surface area contributed by atoms with Gasteiger partial charge in [-0.1, -0.05) is 6.92 Å². The second kappa shape index (κ2) is 7.65. The van der Waals surface area contributed by atoms with Gasteiger partial charge in [0, 0.05) is 18.3 Å². The molecule has 0 aromatic rings. The molecule has 2 N–H and O–H groups in total. The molecule has 2 nitrogen and oxygen atoms in total. The molecule has 0 radical (unpaired) electrons. The van der Waals surface area contributed by atoms with Crippen LogP contribution in [-0.4, -0.2) is 37.2 Å². The molecule has 0 spiro atoms. The van der Waals surface area contributed by atoms with E-state index in [-0.39, 0.29) is 0 Å². The first-order valence-corrected chi connectivity index (χ1v) is 6.60. The van der Waals surface area contributed by atoms with Gasteiger partial charge in [-0.3, -0.25) is 0 Å². The average molecular weight is 202 g/mol. The van der Waals surface area contributed by atoms with Crippen molar-refractivity contribution in [3.63, 3.8) is 0 Å². The fourth-order valence-electron chi connectivity index (χ4n) is 1.61. The zero-order valence-corrected chi connectivity index (χ0v) is 9.46. The number of thioether (sulfide) groups is 1. The molecule has 0 amide bonds. The van der Waals surface area contributed by atoms with E-state index in [0.29, 0.717) is 0 Å². The fourth-order valence-corrected chi connectivity index (χ4v) is 2.36. The van der Waals surface area contributed by atoms with Crippen LogP contribution >= 0.6 is 11.8 Å². The molecule has 1 aliphatic rings. The first-order valence-electron chi connectivity index (χ1n) is 5.45. The molecule has 0 saturated carbocycles. The Morgan fingerprint density at radius 2 is 2.08 bits per heavy atom. The summed E-state index contributed by atoms with van der Waals surface area (Å²) in [6, 6.07) is 0.781. The molecule has 1 rings (SSSR count). The Kier molecular flexibility index (Phi) is 6.68. The van der Waals surface area contributed by atoms with Crippen molar-refractivity contribution in [2.45, 2.75) is 32.2 Å². The van der Waals surface area contributed by atoms with Gasteiger partial charge in [0.25, 0.3) is 0 Å². The number of rotatable bonds is 6. The number of nitrogens with one attached hydrogen (secondary N) is 2. The molecule has 0 unspecified atom stereocenters. The van der Waals surface area contributed by atoms with E-state index in [2.05, 4.69) is 29.3 Å². The molecule has 3 heteroatoms. The van der Waals surface area contributed by atoms with E-state index in [1.165, 1.54) is 50.4 Å². The predicted molar refractivity (Wildman–Crippen MR) is 61.5 cm³/mol. The fraction of sp³-hybridized carbons (Fsp3) is 1.00. The molecule has 0 atom stereocenters. The maximum Gasteiger partial charge on any atom is 0.00915 e. The molecular formula is C10H22N2S. The molecule has 1 aliphatic heterocycles. The van der Waals surface area contributed by atoms with Crippen LogP contribution in [0.25, 0.3) is 0 Å². The first kappa shape index (κ1) is 11.3. The van der Waals surface area contributed by atoms with Crippen LogP contribution < -0.4 is 10.6 Å². The highest BCUT2D eigenvalue weighted by Gasteiger charge is 2.10. The number of hydrogen-bond donors (Lipinski definition) is 2. The van der Waals surface area contributed by atoms with Crippen molar-refractivity contribution in [3.8, 4) is 0 Å². The first-order chi connectivity index (χ1) is 6.43. The third kappa shape index (κ3) is 5.55. The highest BCUT2D eigenvalue weighted by molar-refractivity contribution is 7.99. The predicted octanol–water partition coefficient (Wildman–Crippen LogP) is 1.47. The quantitative estimate of drug-likeness (QED) is 0.638. The largest absolute Gasteiger partial charge is 0.317 e. The van der Waals surface area contributed by atoms with Crippen LogP contribution in [0.3, 0.4) is 0 Å². The van der Waals surface area contributed by atoms with Crippen molar-refractivity contribution in [2.75, 3.05) is 31.1 Å². The molecule has 0 bridgehead atoms. The number of hydrogen-bond acceptors (Lipinski definition) is 3. The highest BCUT2D eigenvalue weighted by Crippen LogP contribution is 2.03. The van der Waals surface area contributed by atoms with E-state index in [9.17, 15) is 0 Å². The van der Waals surface area contributed by atoms with E-state index in [4.69, 9.17) is 0 Å². The van der Waals surface area contributed by atoms with Crippen LogP contribution in [0.5, 0.6) is 0 Å². The van der Waals surface area contributed by atoms with Gasteiger partial charge >= 0.3 is 0 Å². The normalized spacial score (nSPS) is 19.2. The lowest BCUT2D eigenvalue weighted by Gasteiger charge is -2.23. The van der Waals surface area contributed by atoms with Crippen molar-refractivity contribution in [1.82, 2.24) is 10.6 Å². The summed E-state index contributed by atoms with van der Waals surface area (Å²) in [4.78, 5) is 0. The zero-order chi connectivity index (χ0) is 9.36. The Balaban J connectivity index is 1.86. The summed E-state index contributed by atoms with van der Waals surface area (Å²) in [5.41, 5.74) is 0. The van der Waals surface area contributed by atoms with Gasteiger partial charge in [-0.25, -0.2) is 0 Å². The highest BCUT2D eigenvalue weighted by atomic mass is 32.2. The Morgan fingerprint density at radius 1 is 1.31 bits per heavy atom. The summed E-state index contributed by atoms with van der Waals surface area (Å²) in [6.07, 6.45) is 3.91. The Bertz CT molecular complexity index is 113. The van der Waals surface area contributed by atoms with Gasteiger partial charge in [0.15, 0.2) is 0 Å². The smallest absolute Gasteiger partial charge is 0.00915 e. The Morgan fingerprint density at radius 3 is 2.77 bits per heavy atom. The van der Waals surface area contributed by atoms with Crippen molar-refractivity contribution in [1.29, 1.82) is 0 Å². The molecule has 1 fully saturated rings. The third-order valence-corrected chi connectivity index (χ3v) is 3.56. The minimum atomic E-state index is 0.781. The summed E-state index contributed by atoms with van der Waals surface area (Å²) < 4.78 is 0. The topological polar surface area (TPSA) is 24.1 Å². The summed E-state index contributed by atoms with van der Waals surface area (Å²) in [5, 5.41) is 7.00. The molecule has 0 aromatic heterocycles. The maximum absolute atomic E-state index is 3.62. The summed E-state index contributed by atoms with van der Waals surface area (Å²) >= 11 is 2.06. The molecule has 1 heterocycles. The van der Waals surface area contributed by atoms with E-state index < -0.39 is 0 Å². The lowest BCUT2D eigenvalue weighted by molar-refractivity contribution is 0.395. The van der Waals surface area contributed by atoms with Gasteiger partial charge in [0.1, 0.15) is 0 Å². The van der Waals surface area contributed by atoms with Gasteiger partial charge < -0.3 is 10.6 Å². The molecule has 0 aromatic carbocycles. The molecule has 78 valence electrons. The lowest BCUT2D eigenvalue weighted by atomic mass is 10.1. The number of piperidine rings is 1. The van der Waals surface area contributed by atoms with Crippen LogP contribution in [0.1, 0.15) is 26.2 Å². The van der Waals surface area contributed by atoms with Crippen LogP contribution in [0.4, 0.5) is 0 Å². The summed E-state index contributed by atoms with van der Waals surface area (Å²) in [7, 11) is 0. The molecule has 13 heavy (non-hydrogen) atoms. The van der Waals surface area contributed by atoms with E-state index in [1.807, 2.05) is 0 Å². The van der Waals surface area contributed by atoms with Gasteiger partial charge in [0.05, 0.1) is 0 Å². The lowest BCUT2D eigenvalue weighted by Crippen LogP contribution is -2.40. The van der Waals surface area contributed by atoms with Gasteiger partial charge in [-0.05, 0) is 38.1 Å². The van der Waals surface area contributed by atoms with E-state index in [1.54, 1.807) is 0 Å². The summed E-state index contributed by atoms with van der Waals surface area (Å²) in [6.45, 7) is 5.82. The van der Waals surface area contributed by atoms with E-state index in [0.717, 1.165) is 6.04 Å². The van der Waals surface area contributed by atoms with Crippen LogP contribution in [0.15, 0.2) is 0 Å². The molecular weight excluding hydrogens is 180 g/mol. The maximum atomic E-state index is 3.62. The average Bonchev–Trinajstić information content (AvgIpc) is 2.19. The standard InChI is InChI=1S/C10H22N2S/c1-2-8-13-9-7-12-10-3-5-11-6-4-10/h10-12H,2-9H2,1H3. The van der Waals surface area contributed by atoms with Gasteiger partial charge in [-0.2, -0.15) is 11.8 Å². The minimum Gasteiger partial charge on any atom is -0.317 e. The van der Waals surface area contributed by atoms with Crippen LogP contribution in [-0.2, 0) is 0 Å². The van der Waals surface area contributed by atoms with E-state index >= 15 is 0 Å². The van der Waals surface area contributed by atoms with Crippen molar-refractivity contribution in [3.05, 3.63) is 0 Å². The van der Waals surface area contributed by atoms with Crippen LogP contribution in [0.2, 0.25) is 0 Å². The third-order valence-electron chi connectivity index (χ3n) is 2.37. The Hall–Kier alpha value is 0.270. The van der Waals surface area contributed by atoms with Crippen molar-refractivity contribution in [2.24, 2.45) is 0 Å². The SMILES string of the molecule is CCCSCCNC1CCNCC1. The summed E-state index contributed by atoms with van der Waals surface area (Å²) in [5.74, 6) is 2.59. The zero-order valence-electron chi connectivity index (χ0n) is 8.64. The minimum absolute atomic E-state index is 0.781. The van der Waals surface area contributed by atoms with Crippen LogP contribution in [0, 0.1) is 0 Å². The second-order valence-electron chi connectivity index (χ2n) is 3.59. The monoisotopic (exact) mass is 202 g/mol. The second-order valence-corrected chi connectivity index (χ2v) is 4.82. The Labute approximate surface area is 86.2 Å². The molecule has 0 aliphatic carbocycles. The van der Waals surface area contributed by atoms with Crippen molar-refractivity contribution < 1.29 is 0 Å². The molecule has 1 saturated heterocycles. The van der Waals surface area contributed by atoms with Gasteiger partial charge in [-0.15, -0.1) is 0 Å². The van der Waals surface area contributed by atoms with Crippen molar-refractivity contribution >= 4 is 11.8 Å². The van der Waals surface area contributed by atoms with Gasteiger partial charge in [0.2, 0.25) is 0 Å².